The highest BCUT2D eigenvalue weighted by atomic mass is 32.2. The van der Waals surface area contributed by atoms with Crippen LogP contribution in [0.5, 0.6) is 0 Å². The molecule has 3 rings (SSSR count). The minimum Gasteiger partial charge on any atom is -0.325 e. The van der Waals surface area contributed by atoms with E-state index in [4.69, 9.17) is 0 Å². The smallest absolute Gasteiger partial charge is 0.287 e. The summed E-state index contributed by atoms with van der Waals surface area (Å²) in [5.74, 6) is -0.0505. The molecule has 132 valence electrons. The highest BCUT2D eigenvalue weighted by Crippen LogP contribution is 2.16. The van der Waals surface area contributed by atoms with Crippen LogP contribution < -0.4 is 10.9 Å². The van der Waals surface area contributed by atoms with Crippen LogP contribution in [0.1, 0.15) is 11.1 Å². The third-order valence-electron chi connectivity index (χ3n) is 3.85. The highest BCUT2D eigenvalue weighted by molar-refractivity contribution is 7.99. The fourth-order valence-electron chi connectivity index (χ4n) is 2.51. The number of carbonyl (C=O) groups excluding carboxylic acids is 1. The molecule has 0 bridgehead atoms. The maximum atomic E-state index is 12.7. The predicted octanol–water partition coefficient (Wildman–Crippen LogP) is 3.58. The molecular formula is C20H19N3O2S. The summed E-state index contributed by atoms with van der Waals surface area (Å²) in [6, 6.07) is 15.2. The van der Waals surface area contributed by atoms with Crippen LogP contribution in [0.4, 0.5) is 5.69 Å². The molecule has 26 heavy (non-hydrogen) atoms. The number of hydrogen-bond acceptors (Lipinski definition) is 4. The van der Waals surface area contributed by atoms with Gasteiger partial charge >= 0.3 is 0 Å². The second kappa shape index (κ2) is 8.01. The van der Waals surface area contributed by atoms with Gasteiger partial charge in [-0.2, -0.15) is 0 Å². The van der Waals surface area contributed by atoms with Crippen molar-refractivity contribution in [1.82, 2.24) is 9.55 Å². The van der Waals surface area contributed by atoms with Crippen LogP contribution in [-0.2, 0) is 4.79 Å². The van der Waals surface area contributed by atoms with Crippen molar-refractivity contribution >= 4 is 23.4 Å². The molecule has 0 fully saturated rings. The van der Waals surface area contributed by atoms with Crippen molar-refractivity contribution in [2.24, 2.45) is 0 Å². The Kier molecular flexibility index (Phi) is 5.53. The van der Waals surface area contributed by atoms with E-state index < -0.39 is 0 Å². The molecule has 1 amide bonds. The zero-order chi connectivity index (χ0) is 18.5. The topological polar surface area (TPSA) is 64.0 Å². The Balaban J connectivity index is 1.73. The molecule has 1 aromatic heterocycles. The van der Waals surface area contributed by atoms with Gasteiger partial charge in [-0.05, 0) is 43.2 Å². The molecule has 0 unspecified atom stereocenters. The lowest BCUT2D eigenvalue weighted by molar-refractivity contribution is -0.113. The van der Waals surface area contributed by atoms with Gasteiger partial charge in [0.05, 0.1) is 5.75 Å². The largest absolute Gasteiger partial charge is 0.325 e. The van der Waals surface area contributed by atoms with Gasteiger partial charge < -0.3 is 5.32 Å². The van der Waals surface area contributed by atoms with Gasteiger partial charge in [-0.15, -0.1) is 0 Å². The molecule has 0 saturated heterocycles. The van der Waals surface area contributed by atoms with E-state index in [1.807, 2.05) is 62.4 Å². The third kappa shape index (κ3) is 4.21. The first-order chi connectivity index (χ1) is 12.5. The van der Waals surface area contributed by atoms with Gasteiger partial charge in [-0.1, -0.05) is 42.1 Å². The average molecular weight is 365 g/mol. The highest BCUT2D eigenvalue weighted by Gasteiger charge is 2.11. The van der Waals surface area contributed by atoms with Gasteiger partial charge in [-0.3, -0.25) is 14.2 Å². The number of carbonyl (C=O) groups is 1. The molecule has 1 heterocycles. The zero-order valence-corrected chi connectivity index (χ0v) is 15.4. The Morgan fingerprint density at radius 1 is 1.15 bits per heavy atom. The zero-order valence-electron chi connectivity index (χ0n) is 14.6. The summed E-state index contributed by atoms with van der Waals surface area (Å²) in [5, 5.41) is 3.16. The van der Waals surface area contributed by atoms with E-state index in [2.05, 4.69) is 10.3 Å². The van der Waals surface area contributed by atoms with Gasteiger partial charge in [0.1, 0.15) is 0 Å². The van der Waals surface area contributed by atoms with Crippen LogP contribution in [0, 0.1) is 13.8 Å². The maximum absolute atomic E-state index is 12.7. The van der Waals surface area contributed by atoms with Crippen molar-refractivity contribution < 1.29 is 4.79 Å². The van der Waals surface area contributed by atoms with Crippen molar-refractivity contribution in [1.29, 1.82) is 0 Å². The van der Waals surface area contributed by atoms with E-state index in [9.17, 15) is 9.59 Å². The number of nitrogens with one attached hydrogen (secondary N) is 1. The Labute approximate surface area is 156 Å². The molecule has 2 aromatic carbocycles. The van der Waals surface area contributed by atoms with Gasteiger partial charge in [0.2, 0.25) is 5.91 Å². The molecule has 6 heteroatoms. The number of aromatic nitrogens is 2. The second-order valence-corrected chi connectivity index (χ2v) is 6.86. The van der Waals surface area contributed by atoms with Crippen LogP contribution in [0.25, 0.3) is 5.69 Å². The normalized spacial score (nSPS) is 10.5. The van der Waals surface area contributed by atoms with Gasteiger partial charge in [0.15, 0.2) is 5.03 Å². The number of benzene rings is 2. The standard InChI is InChI=1S/C20H19N3O2S/c1-14-6-5-8-16(12-14)23-11-10-21-19(20(23)25)26-13-18(24)22-17-9-4-3-7-15(17)2/h3-12H,13H2,1-2H3,(H,22,24). The van der Waals surface area contributed by atoms with Crippen molar-refractivity contribution in [3.8, 4) is 5.69 Å². The molecule has 1 N–H and O–H groups in total. The molecule has 0 spiro atoms. The Hall–Kier alpha value is -2.86. The maximum Gasteiger partial charge on any atom is 0.287 e. The second-order valence-electron chi connectivity index (χ2n) is 5.90. The van der Waals surface area contributed by atoms with Gasteiger partial charge in [0, 0.05) is 23.8 Å². The Morgan fingerprint density at radius 2 is 1.96 bits per heavy atom. The Morgan fingerprint density at radius 3 is 2.73 bits per heavy atom. The number of amides is 1. The summed E-state index contributed by atoms with van der Waals surface area (Å²) < 4.78 is 1.54. The molecule has 5 nitrogen and oxygen atoms in total. The lowest BCUT2D eigenvalue weighted by Crippen LogP contribution is -2.22. The summed E-state index contributed by atoms with van der Waals surface area (Å²) >= 11 is 1.14. The number of para-hydroxylation sites is 1. The summed E-state index contributed by atoms with van der Waals surface area (Å²) in [6.07, 6.45) is 3.21. The molecule has 0 saturated carbocycles. The van der Waals surface area contributed by atoms with E-state index in [0.717, 1.165) is 34.3 Å². The van der Waals surface area contributed by atoms with Crippen LogP contribution in [-0.4, -0.2) is 21.2 Å². The van der Waals surface area contributed by atoms with Crippen molar-refractivity contribution in [3.05, 3.63) is 82.4 Å². The number of thioether (sulfide) groups is 1. The van der Waals surface area contributed by atoms with E-state index in [1.165, 1.54) is 0 Å². The number of nitrogens with zero attached hydrogens (tertiary/aromatic N) is 2. The van der Waals surface area contributed by atoms with Gasteiger partial charge in [0.25, 0.3) is 5.56 Å². The minimum absolute atomic E-state index is 0.119. The van der Waals surface area contributed by atoms with Gasteiger partial charge in [-0.25, -0.2) is 4.98 Å². The molecule has 0 aliphatic carbocycles. The molecule has 0 aliphatic heterocycles. The van der Waals surface area contributed by atoms with Crippen LogP contribution in [0.2, 0.25) is 0 Å². The Bertz CT molecular complexity index is 998. The number of anilines is 1. The summed E-state index contributed by atoms with van der Waals surface area (Å²) in [6.45, 7) is 3.91. The number of aryl methyl sites for hydroxylation is 2. The first-order valence-corrected chi connectivity index (χ1v) is 9.16. The molecule has 0 aliphatic rings. The minimum atomic E-state index is -0.230. The van der Waals surface area contributed by atoms with Crippen molar-refractivity contribution in [2.45, 2.75) is 18.9 Å². The monoisotopic (exact) mass is 365 g/mol. The van der Waals surface area contributed by atoms with E-state index >= 15 is 0 Å². The molecule has 0 atom stereocenters. The van der Waals surface area contributed by atoms with Crippen molar-refractivity contribution in [2.75, 3.05) is 11.1 Å². The molecule has 3 aromatic rings. The van der Waals surface area contributed by atoms with Crippen molar-refractivity contribution in [3.63, 3.8) is 0 Å². The summed E-state index contributed by atoms with van der Waals surface area (Å²) in [5.41, 5.74) is 3.38. The number of rotatable bonds is 5. The lowest BCUT2D eigenvalue weighted by atomic mass is 10.2. The lowest BCUT2D eigenvalue weighted by Gasteiger charge is -2.09. The van der Waals surface area contributed by atoms with E-state index in [0.29, 0.717) is 5.03 Å². The third-order valence-corrected chi connectivity index (χ3v) is 4.81. The van der Waals surface area contributed by atoms with Crippen LogP contribution in [0.3, 0.4) is 0 Å². The fourth-order valence-corrected chi connectivity index (χ4v) is 3.20. The fraction of sp³-hybridized carbons (Fsp3) is 0.150. The van der Waals surface area contributed by atoms with E-state index in [-0.39, 0.29) is 17.2 Å². The molecular weight excluding hydrogens is 346 g/mol. The average Bonchev–Trinajstić information content (AvgIpc) is 2.63. The molecule has 0 radical (unpaired) electrons. The van der Waals surface area contributed by atoms with Crippen LogP contribution >= 0.6 is 11.8 Å². The first-order valence-electron chi connectivity index (χ1n) is 8.17. The number of hydrogen-bond donors (Lipinski definition) is 1. The summed E-state index contributed by atoms with van der Waals surface area (Å²) in [7, 11) is 0. The SMILES string of the molecule is Cc1cccc(-n2ccnc(SCC(=O)Nc3ccccc3C)c2=O)c1. The predicted molar refractivity (Wildman–Crippen MR) is 105 cm³/mol. The van der Waals surface area contributed by atoms with Crippen LogP contribution in [0.15, 0.2) is 70.7 Å². The first kappa shape index (κ1) is 17.9. The van der Waals surface area contributed by atoms with E-state index in [1.54, 1.807) is 17.0 Å². The summed E-state index contributed by atoms with van der Waals surface area (Å²) in [4.78, 5) is 29.0. The quantitative estimate of drug-likeness (QED) is 0.702.